The van der Waals surface area contributed by atoms with E-state index in [1.54, 1.807) is 0 Å². The quantitative estimate of drug-likeness (QED) is 0.241. The second-order valence-electron chi connectivity index (χ2n) is 8.42. The minimum absolute atomic E-state index is 0. The van der Waals surface area contributed by atoms with Crippen LogP contribution in [0.5, 0.6) is 0 Å². The fourth-order valence-corrected chi connectivity index (χ4v) is 4.41. The van der Waals surface area contributed by atoms with Crippen LogP contribution >= 0.6 is 24.0 Å². The Morgan fingerprint density at radius 1 is 1.09 bits per heavy atom. The van der Waals surface area contributed by atoms with Gasteiger partial charge in [-0.3, -0.25) is 14.7 Å². The van der Waals surface area contributed by atoms with Gasteiger partial charge in [0.05, 0.1) is 19.1 Å². The van der Waals surface area contributed by atoms with Crippen molar-refractivity contribution in [2.45, 2.75) is 39.7 Å². The van der Waals surface area contributed by atoms with Gasteiger partial charge in [0.25, 0.3) is 0 Å². The largest absolute Gasteiger partial charge is 0.466 e. The highest BCUT2D eigenvalue weighted by atomic mass is 127. The predicted octanol–water partition coefficient (Wildman–Crippen LogP) is 3.06. The maximum Gasteiger partial charge on any atom is 0.309 e. The predicted molar refractivity (Wildman–Crippen MR) is 142 cm³/mol. The van der Waals surface area contributed by atoms with Gasteiger partial charge in [-0.25, -0.2) is 0 Å². The first-order valence-electron chi connectivity index (χ1n) is 11.9. The second kappa shape index (κ2) is 13.9. The summed E-state index contributed by atoms with van der Waals surface area (Å²) >= 11 is 0. The third kappa shape index (κ3) is 7.50. The highest BCUT2D eigenvalue weighted by Crippen LogP contribution is 2.19. The van der Waals surface area contributed by atoms with Crippen LogP contribution in [0.2, 0.25) is 0 Å². The van der Waals surface area contributed by atoms with E-state index < -0.39 is 0 Å². The number of piperazine rings is 1. The molecule has 1 aromatic rings. The number of ether oxygens (including phenoxy) is 1. The summed E-state index contributed by atoms with van der Waals surface area (Å²) in [6.07, 6.45) is 1.67. The molecule has 1 N–H and O–H groups in total. The molecule has 180 valence electrons. The Labute approximate surface area is 210 Å². The van der Waals surface area contributed by atoms with Crippen molar-refractivity contribution in [3.63, 3.8) is 0 Å². The molecule has 8 heteroatoms. The lowest BCUT2D eigenvalue weighted by Gasteiger charge is -2.39. The number of esters is 1. The number of carbonyl (C=O) groups is 1. The standard InChI is InChI=1S/C24H39N5O2.HI/c1-4-25-24(29-13-11-21(12-14-29)23(30)31-5-2)26-19-20(3)27-15-17-28(18-16-27)22-9-7-6-8-10-22;/h6-10,20-21H,4-5,11-19H2,1-3H3,(H,25,26);1H. The lowest BCUT2D eigenvalue weighted by Crippen LogP contribution is -2.51. The maximum absolute atomic E-state index is 12.0. The molecule has 0 radical (unpaired) electrons. The van der Waals surface area contributed by atoms with E-state index in [9.17, 15) is 4.79 Å². The lowest BCUT2D eigenvalue weighted by molar-refractivity contribution is -0.149. The van der Waals surface area contributed by atoms with E-state index in [1.165, 1.54) is 5.69 Å². The molecule has 0 spiro atoms. The fourth-order valence-electron chi connectivity index (χ4n) is 4.41. The average molecular weight is 558 g/mol. The normalized spacial score (nSPS) is 19.3. The highest BCUT2D eigenvalue weighted by Gasteiger charge is 2.27. The topological polar surface area (TPSA) is 60.4 Å². The van der Waals surface area contributed by atoms with Gasteiger partial charge in [0.1, 0.15) is 0 Å². The number of para-hydroxylation sites is 1. The first kappa shape index (κ1) is 26.7. The Balaban J connectivity index is 0.00000363. The summed E-state index contributed by atoms with van der Waals surface area (Å²) in [5.74, 6) is 0.950. The Bertz CT molecular complexity index is 702. The van der Waals surface area contributed by atoms with Gasteiger partial charge in [0.2, 0.25) is 0 Å². The molecule has 32 heavy (non-hydrogen) atoms. The van der Waals surface area contributed by atoms with Crippen LogP contribution in [0.1, 0.15) is 33.6 Å². The smallest absolute Gasteiger partial charge is 0.309 e. The number of nitrogens with one attached hydrogen (secondary N) is 1. The summed E-state index contributed by atoms with van der Waals surface area (Å²) < 4.78 is 5.19. The SMILES string of the molecule is CCNC(=NCC(C)N1CCN(c2ccccc2)CC1)N1CCC(C(=O)OCC)CC1.I. The third-order valence-corrected chi connectivity index (χ3v) is 6.31. The molecule has 0 bridgehead atoms. The highest BCUT2D eigenvalue weighted by molar-refractivity contribution is 14.0. The van der Waals surface area contributed by atoms with Crippen molar-refractivity contribution in [2.24, 2.45) is 10.9 Å². The summed E-state index contributed by atoms with van der Waals surface area (Å²) in [6.45, 7) is 14.3. The summed E-state index contributed by atoms with van der Waals surface area (Å²) in [5, 5.41) is 3.44. The Morgan fingerprint density at radius 2 is 1.75 bits per heavy atom. The summed E-state index contributed by atoms with van der Waals surface area (Å²) in [4.78, 5) is 24.3. The van der Waals surface area contributed by atoms with Gasteiger partial charge in [-0.2, -0.15) is 0 Å². The third-order valence-electron chi connectivity index (χ3n) is 6.31. The maximum atomic E-state index is 12.0. The number of aliphatic imine (C=N–C) groups is 1. The number of halogens is 1. The van der Waals surface area contributed by atoms with Crippen LogP contribution in [0.3, 0.4) is 0 Å². The van der Waals surface area contributed by atoms with Crippen LogP contribution < -0.4 is 10.2 Å². The molecule has 2 aliphatic heterocycles. The van der Waals surface area contributed by atoms with Gasteiger partial charge in [0, 0.05) is 57.5 Å². The molecule has 0 saturated carbocycles. The average Bonchev–Trinajstić information content (AvgIpc) is 2.82. The van der Waals surface area contributed by atoms with Crippen LogP contribution in [-0.2, 0) is 9.53 Å². The van der Waals surface area contributed by atoms with Crippen molar-refractivity contribution < 1.29 is 9.53 Å². The molecule has 1 unspecified atom stereocenters. The van der Waals surface area contributed by atoms with Gasteiger partial charge in [-0.1, -0.05) is 18.2 Å². The molecule has 2 saturated heterocycles. The van der Waals surface area contributed by atoms with E-state index in [0.29, 0.717) is 12.6 Å². The molecule has 2 heterocycles. The number of guanidine groups is 1. The minimum Gasteiger partial charge on any atom is -0.466 e. The Kier molecular flexibility index (Phi) is 11.6. The van der Waals surface area contributed by atoms with E-state index in [1.807, 2.05) is 6.92 Å². The van der Waals surface area contributed by atoms with Crippen LogP contribution in [-0.4, -0.2) is 86.7 Å². The summed E-state index contributed by atoms with van der Waals surface area (Å²) in [7, 11) is 0. The molecular formula is C24H40IN5O2. The molecule has 0 aliphatic carbocycles. The zero-order valence-electron chi connectivity index (χ0n) is 19.8. The molecule has 1 atom stereocenters. The van der Waals surface area contributed by atoms with Gasteiger partial charge >= 0.3 is 5.97 Å². The minimum atomic E-state index is -0.0487. The number of benzene rings is 1. The molecule has 0 amide bonds. The number of rotatable bonds is 7. The van der Waals surface area contributed by atoms with Crippen LogP contribution in [0.4, 0.5) is 5.69 Å². The number of likely N-dealkylation sites (tertiary alicyclic amines) is 1. The first-order chi connectivity index (χ1) is 15.1. The number of piperidine rings is 1. The fraction of sp³-hybridized carbons (Fsp3) is 0.667. The van der Waals surface area contributed by atoms with E-state index in [4.69, 9.17) is 9.73 Å². The summed E-state index contributed by atoms with van der Waals surface area (Å²) in [6, 6.07) is 11.1. The molecule has 2 aliphatic rings. The van der Waals surface area contributed by atoms with Crippen molar-refractivity contribution in [2.75, 3.05) is 63.9 Å². The van der Waals surface area contributed by atoms with Crippen molar-refractivity contribution in [1.29, 1.82) is 0 Å². The zero-order chi connectivity index (χ0) is 22.1. The Hall–Kier alpha value is -1.55. The molecule has 1 aromatic carbocycles. The summed E-state index contributed by atoms with van der Waals surface area (Å²) in [5.41, 5.74) is 1.31. The van der Waals surface area contributed by atoms with E-state index >= 15 is 0 Å². The Morgan fingerprint density at radius 3 is 2.34 bits per heavy atom. The van der Waals surface area contributed by atoms with Gasteiger partial charge in [0.15, 0.2) is 5.96 Å². The van der Waals surface area contributed by atoms with E-state index in [2.05, 4.69) is 64.2 Å². The van der Waals surface area contributed by atoms with E-state index in [-0.39, 0.29) is 35.9 Å². The van der Waals surface area contributed by atoms with Gasteiger partial charge < -0.3 is 19.9 Å². The van der Waals surface area contributed by atoms with E-state index in [0.717, 1.165) is 71.2 Å². The van der Waals surface area contributed by atoms with Crippen molar-refractivity contribution >= 4 is 41.6 Å². The zero-order valence-corrected chi connectivity index (χ0v) is 22.2. The number of carbonyl (C=O) groups excluding carboxylic acids is 1. The van der Waals surface area contributed by atoms with Gasteiger partial charge in [-0.05, 0) is 45.7 Å². The van der Waals surface area contributed by atoms with Crippen LogP contribution in [0.15, 0.2) is 35.3 Å². The van der Waals surface area contributed by atoms with Crippen LogP contribution in [0, 0.1) is 5.92 Å². The number of hydrogen-bond donors (Lipinski definition) is 1. The lowest BCUT2D eigenvalue weighted by atomic mass is 9.97. The molecule has 2 fully saturated rings. The number of anilines is 1. The monoisotopic (exact) mass is 557 g/mol. The second-order valence-corrected chi connectivity index (χ2v) is 8.42. The van der Waals surface area contributed by atoms with Crippen LogP contribution in [0.25, 0.3) is 0 Å². The van der Waals surface area contributed by atoms with Gasteiger partial charge in [-0.15, -0.1) is 24.0 Å². The molecule has 3 rings (SSSR count). The molecular weight excluding hydrogens is 517 g/mol. The first-order valence-corrected chi connectivity index (χ1v) is 11.9. The molecule has 0 aromatic heterocycles. The molecule has 7 nitrogen and oxygen atoms in total. The van der Waals surface area contributed by atoms with Crippen molar-refractivity contribution in [1.82, 2.24) is 15.1 Å². The van der Waals surface area contributed by atoms with Crippen molar-refractivity contribution in [3.05, 3.63) is 30.3 Å². The number of nitrogens with zero attached hydrogens (tertiary/aromatic N) is 4. The van der Waals surface area contributed by atoms with Crippen molar-refractivity contribution in [3.8, 4) is 0 Å². The number of hydrogen-bond acceptors (Lipinski definition) is 5.